The number of hydrogen-bond acceptors (Lipinski definition) is 3. The molecule has 0 saturated carbocycles. The lowest BCUT2D eigenvalue weighted by molar-refractivity contribution is 0.162. The Morgan fingerprint density at radius 3 is 2.55 bits per heavy atom. The Hall–Kier alpha value is -2.01. The topological polar surface area (TPSA) is 48.1 Å². The monoisotopic (exact) mass is 278 g/mol. The molecule has 0 fully saturated rings. The Balaban J connectivity index is 2.31. The van der Waals surface area contributed by atoms with Crippen molar-refractivity contribution in [1.82, 2.24) is 4.98 Å². The van der Waals surface area contributed by atoms with E-state index in [1.54, 1.807) is 24.5 Å². The van der Waals surface area contributed by atoms with Gasteiger partial charge in [0.2, 0.25) is 5.82 Å². The second kappa shape index (κ2) is 6.43. The molecule has 2 aromatic rings. The first-order valence-corrected chi connectivity index (χ1v) is 6.39. The van der Waals surface area contributed by atoms with E-state index in [0.717, 1.165) is 11.6 Å². The molecule has 0 aliphatic heterocycles. The Kier molecular flexibility index (Phi) is 4.63. The van der Waals surface area contributed by atoms with Crippen molar-refractivity contribution in [3.05, 3.63) is 59.9 Å². The first-order valence-electron chi connectivity index (χ1n) is 6.39. The van der Waals surface area contributed by atoms with Crippen molar-refractivity contribution in [1.29, 1.82) is 0 Å². The van der Waals surface area contributed by atoms with Crippen LogP contribution in [0.5, 0.6) is 5.75 Å². The van der Waals surface area contributed by atoms with Crippen molar-refractivity contribution in [2.75, 3.05) is 0 Å². The zero-order valence-corrected chi connectivity index (χ0v) is 11.1. The van der Waals surface area contributed by atoms with E-state index in [4.69, 9.17) is 10.5 Å². The number of ether oxygens (including phenoxy) is 1. The fraction of sp³-hybridized carbons (Fsp3) is 0.267. The summed E-state index contributed by atoms with van der Waals surface area (Å²) in [6.07, 6.45) is 3.30. The van der Waals surface area contributed by atoms with Gasteiger partial charge >= 0.3 is 0 Å². The third-order valence-electron chi connectivity index (χ3n) is 3.07. The minimum atomic E-state index is -1.00. The summed E-state index contributed by atoms with van der Waals surface area (Å²) in [7, 11) is 0. The van der Waals surface area contributed by atoms with Crippen LogP contribution in [-0.2, 0) is 0 Å². The molecule has 3 nitrogen and oxygen atoms in total. The Labute approximate surface area is 116 Å². The number of pyridine rings is 1. The summed E-state index contributed by atoms with van der Waals surface area (Å²) in [6.45, 7) is 1.91. The van der Waals surface area contributed by atoms with E-state index in [9.17, 15) is 8.78 Å². The van der Waals surface area contributed by atoms with Gasteiger partial charge in [-0.25, -0.2) is 4.39 Å². The van der Waals surface area contributed by atoms with E-state index in [-0.39, 0.29) is 11.8 Å². The molecule has 106 valence electrons. The molecule has 2 atom stereocenters. The molecule has 0 amide bonds. The number of rotatable bonds is 5. The summed E-state index contributed by atoms with van der Waals surface area (Å²) < 4.78 is 32.5. The van der Waals surface area contributed by atoms with Crippen molar-refractivity contribution >= 4 is 0 Å². The third-order valence-corrected chi connectivity index (χ3v) is 3.07. The highest BCUT2D eigenvalue weighted by molar-refractivity contribution is 5.27. The minimum Gasteiger partial charge on any atom is -0.481 e. The molecule has 1 heterocycles. The zero-order valence-electron chi connectivity index (χ0n) is 11.1. The van der Waals surface area contributed by atoms with Crippen LogP contribution >= 0.6 is 0 Å². The van der Waals surface area contributed by atoms with Crippen molar-refractivity contribution < 1.29 is 13.5 Å². The van der Waals surface area contributed by atoms with Crippen LogP contribution in [0.3, 0.4) is 0 Å². The fourth-order valence-electron chi connectivity index (χ4n) is 1.88. The summed E-state index contributed by atoms with van der Waals surface area (Å²) in [4.78, 5) is 3.92. The molecular formula is C15H16F2N2O. The maximum atomic E-state index is 13.7. The molecule has 0 saturated heterocycles. The number of nitrogens with two attached hydrogens (primary N) is 1. The second-order valence-corrected chi connectivity index (χ2v) is 4.44. The molecule has 1 aromatic carbocycles. The third kappa shape index (κ3) is 3.11. The second-order valence-electron chi connectivity index (χ2n) is 4.44. The van der Waals surface area contributed by atoms with Gasteiger partial charge in [-0.1, -0.05) is 13.0 Å². The average molecular weight is 278 g/mol. The minimum absolute atomic E-state index is 0.143. The Morgan fingerprint density at radius 2 is 1.90 bits per heavy atom. The van der Waals surface area contributed by atoms with Gasteiger partial charge in [-0.3, -0.25) is 4.98 Å². The lowest BCUT2D eigenvalue weighted by Gasteiger charge is -2.24. The van der Waals surface area contributed by atoms with E-state index >= 15 is 0 Å². The number of benzene rings is 1. The lowest BCUT2D eigenvalue weighted by atomic mass is 10.0. The van der Waals surface area contributed by atoms with Crippen molar-refractivity contribution in [2.24, 2.45) is 5.73 Å². The van der Waals surface area contributed by atoms with Crippen LogP contribution < -0.4 is 10.5 Å². The molecule has 0 aliphatic carbocycles. The van der Waals surface area contributed by atoms with Gasteiger partial charge in [0.05, 0.1) is 0 Å². The van der Waals surface area contributed by atoms with Crippen LogP contribution in [0.25, 0.3) is 0 Å². The highest BCUT2D eigenvalue weighted by Crippen LogP contribution is 2.28. The maximum Gasteiger partial charge on any atom is 0.200 e. The molecule has 2 rings (SSSR count). The molecule has 2 unspecified atom stereocenters. The van der Waals surface area contributed by atoms with Gasteiger partial charge in [0.1, 0.15) is 6.10 Å². The molecule has 0 radical (unpaired) electrons. The van der Waals surface area contributed by atoms with E-state index in [0.29, 0.717) is 6.42 Å². The van der Waals surface area contributed by atoms with Gasteiger partial charge in [-0.05, 0) is 36.2 Å². The fourth-order valence-corrected chi connectivity index (χ4v) is 1.88. The van der Waals surface area contributed by atoms with Gasteiger partial charge in [-0.2, -0.15) is 4.39 Å². The van der Waals surface area contributed by atoms with Crippen LogP contribution in [0.4, 0.5) is 8.78 Å². The summed E-state index contributed by atoms with van der Waals surface area (Å²) >= 11 is 0. The van der Waals surface area contributed by atoms with Crippen molar-refractivity contribution in [3.63, 3.8) is 0 Å². The average Bonchev–Trinajstić information content (AvgIpc) is 2.49. The quantitative estimate of drug-likeness (QED) is 0.913. The summed E-state index contributed by atoms with van der Waals surface area (Å²) in [5.41, 5.74) is 6.80. The van der Waals surface area contributed by atoms with Crippen LogP contribution in [0.15, 0.2) is 42.7 Å². The van der Waals surface area contributed by atoms with Gasteiger partial charge < -0.3 is 10.5 Å². The standard InChI is InChI=1S/C15H16F2N2O/c1-2-12(18)15(10-6-8-19-9-7-10)20-13-5-3-4-11(16)14(13)17/h3-9,12,15H,2,18H2,1H3. The van der Waals surface area contributed by atoms with Crippen LogP contribution in [0, 0.1) is 11.6 Å². The van der Waals surface area contributed by atoms with E-state index in [2.05, 4.69) is 4.98 Å². The van der Waals surface area contributed by atoms with Crippen molar-refractivity contribution in [2.45, 2.75) is 25.5 Å². The molecule has 20 heavy (non-hydrogen) atoms. The molecule has 0 bridgehead atoms. The molecule has 0 spiro atoms. The van der Waals surface area contributed by atoms with E-state index in [1.807, 2.05) is 6.92 Å². The number of nitrogens with zero attached hydrogens (tertiary/aromatic N) is 1. The Morgan fingerprint density at radius 1 is 1.20 bits per heavy atom. The summed E-state index contributed by atoms with van der Waals surface area (Å²) in [5.74, 6) is -2.09. The molecule has 1 aromatic heterocycles. The molecular weight excluding hydrogens is 262 g/mol. The molecule has 2 N–H and O–H groups in total. The first kappa shape index (κ1) is 14.4. The van der Waals surface area contributed by atoms with Crippen LogP contribution in [-0.4, -0.2) is 11.0 Å². The van der Waals surface area contributed by atoms with E-state index < -0.39 is 17.7 Å². The smallest absolute Gasteiger partial charge is 0.200 e. The zero-order chi connectivity index (χ0) is 14.5. The summed E-state index contributed by atoms with van der Waals surface area (Å²) in [6, 6.07) is 6.99. The number of hydrogen-bond donors (Lipinski definition) is 1. The van der Waals surface area contributed by atoms with Crippen LogP contribution in [0.2, 0.25) is 0 Å². The largest absolute Gasteiger partial charge is 0.481 e. The predicted molar refractivity (Wildman–Crippen MR) is 72.2 cm³/mol. The molecule has 0 aliphatic rings. The SMILES string of the molecule is CCC(N)C(Oc1cccc(F)c1F)c1ccncc1. The van der Waals surface area contributed by atoms with Crippen molar-refractivity contribution in [3.8, 4) is 5.75 Å². The number of aromatic nitrogens is 1. The first-order chi connectivity index (χ1) is 9.63. The van der Waals surface area contributed by atoms with Gasteiger partial charge in [-0.15, -0.1) is 0 Å². The van der Waals surface area contributed by atoms with E-state index in [1.165, 1.54) is 12.1 Å². The van der Waals surface area contributed by atoms with Gasteiger partial charge in [0, 0.05) is 18.4 Å². The van der Waals surface area contributed by atoms with Gasteiger partial charge in [0.25, 0.3) is 0 Å². The lowest BCUT2D eigenvalue weighted by Crippen LogP contribution is -2.31. The molecule has 5 heteroatoms. The summed E-state index contributed by atoms with van der Waals surface area (Å²) in [5, 5.41) is 0. The Bertz CT molecular complexity index is 563. The maximum absolute atomic E-state index is 13.7. The highest BCUT2D eigenvalue weighted by atomic mass is 19.2. The van der Waals surface area contributed by atoms with Crippen LogP contribution in [0.1, 0.15) is 25.0 Å². The normalized spacial score (nSPS) is 13.8. The van der Waals surface area contributed by atoms with Gasteiger partial charge in [0.15, 0.2) is 11.6 Å². The number of halogens is 2. The highest BCUT2D eigenvalue weighted by Gasteiger charge is 2.22. The predicted octanol–water partition coefficient (Wildman–Crippen LogP) is 3.22.